The van der Waals surface area contributed by atoms with Crippen molar-refractivity contribution >= 4 is 17.2 Å². The van der Waals surface area contributed by atoms with Crippen LogP contribution in [0.15, 0.2) is 65.3 Å². The van der Waals surface area contributed by atoms with Crippen LogP contribution in [0.5, 0.6) is 0 Å². The Bertz CT molecular complexity index is 1040. The second kappa shape index (κ2) is 15.3. The molecule has 2 aliphatic heterocycles. The van der Waals surface area contributed by atoms with E-state index in [1.54, 1.807) is 17.2 Å². The molecular weight excluding hydrogens is 503 g/mol. The lowest BCUT2D eigenvalue weighted by Gasteiger charge is -2.19. The number of anilines is 1. The summed E-state index contributed by atoms with van der Waals surface area (Å²) in [5.74, 6) is 0.939. The summed E-state index contributed by atoms with van der Waals surface area (Å²) in [5, 5.41) is 5.60. The van der Waals surface area contributed by atoms with Gasteiger partial charge in [-0.3, -0.25) is 9.98 Å². The molecule has 0 spiro atoms. The summed E-state index contributed by atoms with van der Waals surface area (Å²) in [5.41, 5.74) is 9.79. The summed E-state index contributed by atoms with van der Waals surface area (Å²) < 4.78 is 38.6. The molecule has 0 radical (unpaired) electrons. The van der Waals surface area contributed by atoms with Crippen molar-refractivity contribution < 1.29 is 13.2 Å². The molecule has 0 aromatic carbocycles. The molecule has 7 nitrogen and oxygen atoms in total. The molecule has 1 fully saturated rings. The van der Waals surface area contributed by atoms with Crippen molar-refractivity contribution in [2.24, 2.45) is 21.1 Å². The van der Waals surface area contributed by atoms with E-state index in [1.807, 2.05) is 26.8 Å². The highest BCUT2D eigenvalue weighted by Gasteiger charge is 2.44. The van der Waals surface area contributed by atoms with Crippen LogP contribution >= 0.6 is 0 Å². The Hall–Kier alpha value is -3.30. The zero-order valence-corrected chi connectivity index (χ0v) is 24.4. The van der Waals surface area contributed by atoms with Crippen LogP contribution in [0.1, 0.15) is 72.8 Å². The molecule has 4 N–H and O–H groups in total. The fraction of sp³-hybridized carbons (Fsp3) is 0.552. The molecule has 1 aromatic heterocycles. The molecule has 1 saturated heterocycles. The predicted molar refractivity (Wildman–Crippen MR) is 158 cm³/mol. The Morgan fingerprint density at radius 1 is 1.21 bits per heavy atom. The maximum absolute atomic E-state index is 12.9. The van der Waals surface area contributed by atoms with Crippen LogP contribution in [-0.4, -0.2) is 46.7 Å². The number of allylic oxidation sites excluding steroid dienone is 2. The fourth-order valence-electron chi connectivity index (χ4n) is 3.87. The summed E-state index contributed by atoms with van der Waals surface area (Å²) in [6.45, 7) is 24.7. The topological polar surface area (TPSA) is 90.9 Å². The zero-order chi connectivity index (χ0) is 29.8. The third-order valence-corrected chi connectivity index (χ3v) is 5.83. The van der Waals surface area contributed by atoms with Gasteiger partial charge in [0, 0.05) is 25.0 Å². The van der Waals surface area contributed by atoms with Crippen molar-refractivity contribution in [2.75, 3.05) is 18.5 Å². The van der Waals surface area contributed by atoms with Gasteiger partial charge in [0.2, 0.25) is 0 Å². The number of hydrogen-bond acceptors (Lipinski definition) is 7. The summed E-state index contributed by atoms with van der Waals surface area (Å²) in [7, 11) is 0. The molecule has 1 atom stereocenters. The number of nitrogens with one attached hydrogen (secondary N) is 2. The third kappa shape index (κ3) is 12.0. The van der Waals surface area contributed by atoms with Crippen LogP contribution in [0.4, 0.5) is 19.0 Å². The maximum Gasteiger partial charge on any atom is 0.410 e. The van der Waals surface area contributed by atoms with E-state index in [2.05, 4.69) is 66.1 Å². The van der Waals surface area contributed by atoms with Gasteiger partial charge in [-0.25, -0.2) is 4.98 Å². The minimum atomic E-state index is -4.28. The van der Waals surface area contributed by atoms with Gasteiger partial charge in [0.1, 0.15) is 24.2 Å². The Kier molecular flexibility index (Phi) is 13.3. The quantitative estimate of drug-likeness (QED) is 0.316. The first-order valence-electron chi connectivity index (χ1n) is 13.4. The number of pyridine rings is 1. The predicted octanol–water partition coefficient (Wildman–Crippen LogP) is 6.78. The van der Waals surface area contributed by atoms with Crippen molar-refractivity contribution in [2.45, 2.75) is 86.0 Å². The van der Waals surface area contributed by atoms with E-state index in [4.69, 9.17) is 5.73 Å². The van der Waals surface area contributed by atoms with Gasteiger partial charge in [-0.05, 0) is 48.8 Å². The molecule has 1 unspecified atom stereocenters. The lowest BCUT2D eigenvalue weighted by atomic mass is 9.89. The maximum atomic E-state index is 12.9. The van der Waals surface area contributed by atoms with E-state index in [9.17, 15) is 13.2 Å². The lowest BCUT2D eigenvalue weighted by molar-refractivity contribution is -0.150. The van der Waals surface area contributed by atoms with Gasteiger partial charge in [-0.1, -0.05) is 61.3 Å². The van der Waals surface area contributed by atoms with Gasteiger partial charge < -0.3 is 21.3 Å². The Morgan fingerprint density at radius 3 is 2.38 bits per heavy atom. The number of hydrogen-bond donors (Lipinski definition) is 3. The molecule has 0 saturated carbocycles. The second-order valence-electron chi connectivity index (χ2n) is 10.4. The fourth-order valence-corrected chi connectivity index (χ4v) is 3.87. The van der Waals surface area contributed by atoms with E-state index in [-0.39, 0.29) is 12.4 Å². The Balaban J connectivity index is 0.000000528. The number of aliphatic imine (C=N–C) groups is 2. The van der Waals surface area contributed by atoms with Crippen molar-refractivity contribution in [1.29, 1.82) is 0 Å². The number of nitrogens with two attached hydrogens (primary N) is 1. The summed E-state index contributed by atoms with van der Waals surface area (Å²) in [4.78, 5) is 14.1. The van der Waals surface area contributed by atoms with Gasteiger partial charge in [0.05, 0.1) is 17.2 Å². The minimum Gasteiger partial charge on any atom is -0.397 e. The van der Waals surface area contributed by atoms with Crippen LogP contribution in [0, 0.1) is 5.41 Å². The van der Waals surface area contributed by atoms with E-state index >= 15 is 0 Å². The summed E-state index contributed by atoms with van der Waals surface area (Å²) in [6.07, 6.45) is 1.23. The molecule has 3 heterocycles. The van der Waals surface area contributed by atoms with Crippen molar-refractivity contribution in [3.63, 3.8) is 0 Å². The van der Waals surface area contributed by atoms with Crippen LogP contribution < -0.4 is 16.4 Å². The van der Waals surface area contributed by atoms with E-state index < -0.39 is 12.2 Å². The zero-order valence-electron chi connectivity index (χ0n) is 24.4. The molecule has 0 aliphatic carbocycles. The first-order valence-corrected chi connectivity index (χ1v) is 13.4. The molecular formula is C29H46F3N7. The minimum absolute atomic E-state index is 0.146. The molecule has 1 aromatic rings. The lowest BCUT2D eigenvalue weighted by Crippen LogP contribution is -2.39. The standard InChI is InChI=1S/C20H29F3N4.C7H11N3.C2H6/c1-14(7-6-9-19(3,4)5)25-18-11-16(8-10-24-18)12-27-13-17(20(21,22)23)26-15(27)2;1-3-6-7(5(2)8)10-4-9-6;1-2/h8,10-11,17,26H,1-2,6-7,9,12-13H2,3-5H3,(H,24,25);2-4,8H2,1H3;1-2H3. The number of rotatable bonds is 9. The first kappa shape index (κ1) is 33.7. The molecule has 3 rings (SSSR count). The van der Waals surface area contributed by atoms with Crippen molar-refractivity contribution in [3.8, 4) is 0 Å². The molecule has 218 valence electrons. The van der Waals surface area contributed by atoms with Crippen LogP contribution in [0.3, 0.4) is 0 Å². The molecule has 39 heavy (non-hydrogen) atoms. The number of halogens is 3. The molecule has 10 heteroatoms. The van der Waals surface area contributed by atoms with Gasteiger partial charge >= 0.3 is 6.18 Å². The Morgan fingerprint density at radius 2 is 1.87 bits per heavy atom. The smallest absolute Gasteiger partial charge is 0.397 e. The van der Waals surface area contributed by atoms with E-state index in [0.29, 0.717) is 30.1 Å². The summed E-state index contributed by atoms with van der Waals surface area (Å²) >= 11 is 0. The third-order valence-electron chi connectivity index (χ3n) is 5.83. The average Bonchev–Trinajstić information content (AvgIpc) is 3.47. The normalized spacial score (nSPS) is 16.7. The van der Waals surface area contributed by atoms with Crippen LogP contribution in [-0.2, 0) is 6.54 Å². The van der Waals surface area contributed by atoms with Gasteiger partial charge in [0.25, 0.3) is 0 Å². The van der Waals surface area contributed by atoms with Crippen LogP contribution in [0.25, 0.3) is 0 Å². The number of aromatic nitrogens is 1. The average molecular weight is 550 g/mol. The second-order valence-corrected chi connectivity index (χ2v) is 10.4. The largest absolute Gasteiger partial charge is 0.410 e. The monoisotopic (exact) mass is 549 g/mol. The highest BCUT2D eigenvalue weighted by molar-refractivity contribution is 6.48. The van der Waals surface area contributed by atoms with Gasteiger partial charge in [0.15, 0.2) is 0 Å². The summed E-state index contributed by atoms with van der Waals surface area (Å²) in [6, 6.07) is 2.05. The highest BCUT2D eigenvalue weighted by atomic mass is 19.4. The molecule has 0 bridgehead atoms. The van der Waals surface area contributed by atoms with E-state index in [1.165, 1.54) is 0 Å². The molecule has 0 amide bonds. The van der Waals surface area contributed by atoms with Gasteiger partial charge in [-0.2, -0.15) is 13.2 Å². The highest BCUT2D eigenvalue weighted by Crippen LogP contribution is 2.28. The van der Waals surface area contributed by atoms with Gasteiger partial charge in [-0.15, -0.1) is 0 Å². The number of alkyl halides is 3. The van der Waals surface area contributed by atoms with Crippen molar-refractivity contribution in [3.05, 3.63) is 60.8 Å². The SMILES string of the molecule is C=C(CCCC(C)(C)C)Nc1cc(CN2CC(C(F)(F)F)NC2=C)ccn1.C=C(N)C1=NCN=C1CC.CC. The van der Waals surface area contributed by atoms with Crippen molar-refractivity contribution in [1.82, 2.24) is 15.2 Å². The molecule has 2 aliphatic rings. The number of nitrogens with zero attached hydrogens (tertiary/aromatic N) is 4. The Labute approximate surface area is 232 Å². The van der Waals surface area contributed by atoms with Crippen LogP contribution in [0.2, 0.25) is 0 Å². The van der Waals surface area contributed by atoms with E-state index in [0.717, 1.165) is 48.4 Å². The first-order chi connectivity index (χ1) is 18.2.